The van der Waals surface area contributed by atoms with Gasteiger partial charge in [0, 0.05) is 17.9 Å². The van der Waals surface area contributed by atoms with E-state index in [1.165, 1.54) is 36.0 Å². The molecule has 1 aliphatic rings. The van der Waals surface area contributed by atoms with Gasteiger partial charge in [-0.05, 0) is 36.5 Å². The second kappa shape index (κ2) is 13.3. The SMILES string of the molecule is CCCOC(=O)CCSC=C(C)C1C(NC(=O)COc2ccc([N+](=O)[O-])cc2)C(=O)N1CC(=O)O. The summed E-state index contributed by atoms with van der Waals surface area (Å²) in [7, 11) is 0. The molecule has 35 heavy (non-hydrogen) atoms. The predicted molar refractivity (Wildman–Crippen MR) is 126 cm³/mol. The lowest BCUT2D eigenvalue weighted by atomic mass is 9.89. The van der Waals surface area contributed by atoms with Crippen molar-refractivity contribution in [3.8, 4) is 5.75 Å². The van der Waals surface area contributed by atoms with E-state index in [4.69, 9.17) is 14.6 Å². The number of thioether (sulfide) groups is 1. The number of likely N-dealkylation sites (tertiary alicyclic amines) is 1. The fourth-order valence-electron chi connectivity index (χ4n) is 3.24. The number of benzene rings is 1. The number of nitrogens with zero attached hydrogens (tertiary/aromatic N) is 2. The Balaban J connectivity index is 1.94. The fourth-order valence-corrected chi connectivity index (χ4v) is 4.04. The van der Waals surface area contributed by atoms with E-state index in [1.807, 2.05) is 6.92 Å². The van der Waals surface area contributed by atoms with Gasteiger partial charge in [-0.2, -0.15) is 0 Å². The normalized spacial score (nSPS) is 17.4. The predicted octanol–water partition coefficient (Wildman–Crippen LogP) is 1.73. The standard InChI is InChI=1S/C22H27N3O9S/c1-3-9-33-19(29)8-10-35-13-14(2)21-20(22(30)24(21)11-18(27)28)23-17(26)12-34-16-6-4-15(5-7-16)25(31)32/h4-7,13,20-21H,3,8-12H2,1-2H3,(H,23,26)(H,27,28). The van der Waals surface area contributed by atoms with Gasteiger partial charge in [-0.15, -0.1) is 11.8 Å². The Bertz CT molecular complexity index is 981. The van der Waals surface area contributed by atoms with Gasteiger partial charge in [0.2, 0.25) is 5.91 Å². The molecule has 2 N–H and O–H groups in total. The summed E-state index contributed by atoms with van der Waals surface area (Å²) in [5.74, 6) is -1.97. The first-order valence-corrected chi connectivity index (χ1v) is 11.8. The molecule has 0 aromatic heterocycles. The maximum absolute atomic E-state index is 12.5. The number of carbonyl (C=O) groups excluding carboxylic acids is 3. The van der Waals surface area contributed by atoms with Crippen molar-refractivity contribution in [2.24, 2.45) is 0 Å². The third kappa shape index (κ3) is 8.28. The molecular formula is C22H27N3O9S. The highest BCUT2D eigenvalue weighted by atomic mass is 32.2. The highest BCUT2D eigenvalue weighted by Gasteiger charge is 2.49. The monoisotopic (exact) mass is 509 g/mol. The summed E-state index contributed by atoms with van der Waals surface area (Å²) < 4.78 is 10.3. The summed E-state index contributed by atoms with van der Waals surface area (Å²) in [4.78, 5) is 58.9. The fraction of sp³-hybridized carbons (Fsp3) is 0.455. The van der Waals surface area contributed by atoms with Crippen molar-refractivity contribution in [3.05, 3.63) is 45.4 Å². The summed E-state index contributed by atoms with van der Waals surface area (Å²) in [6.07, 6.45) is 0.941. The number of hydrogen-bond acceptors (Lipinski definition) is 9. The van der Waals surface area contributed by atoms with Crippen LogP contribution in [-0.4, -0.2) is 76.3 Å². The van der Waals surface area contributed by atoms with Gasteiger partial charge < -0.3 is 24.8 Å². The molecule has 190 valence electrons. The van der Waals surface area contributed by atoms with Crippen LogP contribution in [0.15, 0.2) is 35.2 Å². The molecule has 1 aliphatic heterocycles. The average Bonchev–Trinajstić information content (AvgIpc) is 2.82. The lowest BCUT2D eigenvalue weighted by Gasteiger charge is -2.47. The number of amides is 2. The van der Waals surface area contributed by atoms with E-state index in [2.05, 4.69) is 5.32 Å². The van der Waals surface area contributed by atoms with E-state index in [9.17, 15) is 29.3 Å². The molecule has 1 heterocycles. The quantitative estimate of drug-likeness (QED) is 0.124. The molecular weight excluding hydrogens is 482 g/mol. The number of non-ortho nitro benzene ring substituents is 1. The van der Waals surface area contributed by atoms with Gasteiger partial charge in [0.25, 0.3) is 11.6 Å². The second-order valence-corrected chi connectivity index (χ2v) is 8.57. The zero-order valence-electron chi connectivity index (χ0n) is 19.3. The van der Waals surface area contributed by atoms with Gasteiger partial charge in [-0.25, -0.2) is 0 Å². The number of hydrogen-bond donors (Lipinski definition) is 2. The Labute approximate surface area is 205 Å². The minimum absolute atomic E-state index is 0.124. The summed E-state index contributed by atoms with van der Waals surface area (Å²) in [5.41, 5.74) is 0.528. The third-order valence-electron chi connectivity index (χ3n) is 4.87. The Morgan fingerprint density at radius 1 is 1.29 bits per heavy atom. The number of rotatable bonds is 14. The lowest BCUT2D eigenvalue weighted by Crippen LogP contribution is -2.72. The van der Waals surface area contributed by atoms with E-state index in [0.717, 1.165) is 11.3 Å². The number of nitro benzene ring substituents is 1. The number of esters is 1. The van der Waals surface area contributed by atoms with Crippen LogP contribution in [0.5, 0.6) is 5.75 Å². The minimum atomic E-state index is -1.19. The average molecular weight is 510 g/mol. The Morgan fingerprint density at radius 2 is 1.97 bits per heavy atom. The molecule has 13 heteroatoms. The molecule has 2 atom stereocenters. The summed E-state index contributed by atoms with van der Waals surface area (Å²) >= 11 is 1.32. The molecule has 2 unspecified atom stereocenters. The molecule has 1 aromatic rings. The number of carboxylic acid groups (broad SMARTS) is 1. The van der Waals surface area contributed by atoms with Crippen LogP contribution >= 0.6 is 11.8 Å². The van der Waals surface area contributed by atoms with Crippen LogP contribution < -0.4 is 10.1 Å². The molecule has 0 radical (unpaired) electrons. The van der Waals surface area contributed by atoms with Crippen LogP contribution in [0.1, 0.15) is 26.7 Å². The number of carbonyl (C=O) groups is 4. The van der Waals surface area contributed by atoms with E-state index in [1.54, 1.807) is 12.3 Å². The van der Waals surface area contributed by atoms with Gasteiger partial charge in [0.15, 0.2) is 6.61 Å². The largest absolute Gasteiger partial charge is 0.484 e. The number of nitro groups is 1. The van der Waals surface area contributed by atoms with Gasteiger partial charge in [0.05, 0.1) is 24.0 Å². The molecule has 0 saturated carbocycles. The minimum Gasteiger partial charge on any atom is -0.484 e. The molecule has 12 nitrogen and oxygen atoms in total. The first-order chi connectivity index (χ1) is 16.6. The van der Waals surface area contributed by atoms with Gasteiger partial charge >= 0.3 is 11.9 Å². The van der Waals surface area contributed by atoms with Crippen molar-refractivity contribution in [2.75, 3.05) is 25.5 Å². The third-order valence-corrected chi connectivity index (χ3v) is 5.85. The van der Waals surface area contributed by atoms with E-state index < -0.39 is 47.9 Å². The summed E-state index contributed by atoms with van der Waals surface area (Å²) in [6.45, 7) is 3.01. The lowest BCUT2D eigenvalue weighted by molar-refractivity contribution is -0.384. The first kappa shape index (κ1) is 27.6. The highest BCUT2D eigenvalue weighted by Crippen LogP contribution is 2.28. The second-order valence-electron chi connectivity index (χ2n) is 7.59. The maximum Gasteiger partial charge on any atom is 0.323 e. The first-order valence-electron chi connectivity index (χ1n) is 10.8. The Morgan fingerprint density at radius 3 is 2.57 bits per heavy atom. The smallest absolute Gasteiger partial charge is 0.323 e. The van der Waals surface area contributed by atoms with Crippen molar-refractivity contribution >= 4 is 41.2 Å². The molecule has 0 bridgehead atoms. The molecule has 2 rings (SSSR count). The van der Waals surface area contributed by atoms with E-state index in [0.29, 0.717) is 17.9 Å². The van der Waals surface area contributed by atoms with Gasteiger partial charge in [0.1, 0.15) is 18.3 Å². The Kier molecular flexibility index (Phi) is 10.5. The number of carboxylic acids is 1. The van der Waals surface area contributed by atoms with Gasteiger partial charge in [-0.3, -0.25) is 29.3 Å². The van der Waals surface area contributed by atoms with Crippen LogP contribution in [0.25, 0.3) is 0 Å². The molecule has 1 saturated heterocycles. The van der Waals surface area contributed by atoms with Crippen LogP contribution in [0.4, 0.5) is 5.69 Å². The van der Waals surface area contributed by atoms with Crippen LogP contribution in [-0.2, 0) is 23.9 Å². The zero-order valence-corrected chi connectivity index (χ0v) is 20.1. The van der Waals surface area contributed by atoms with Crippen molar-refractivity contribution in [3.63, 3.8) is 0 Å². The zero-order chi connectivity index (χ0) is 26.0. The molecule has 2 amide bonds. The molecule has 0 aliphatic carbocycles. The van der Waals surface area contributed by atoms with Crippen molar-refractivity contribution in [1.29, 1.82) is 0 Å². The van der Waals surface area contributed by atoms with E-state index in [-0.39, 0.29) is 23.8 Å². The number of nitrogens with one attached hydrogen (secondary N) is 1. The Hall–Kier alpha value is -3.61. The topological polar surface area (TPSA) is 165 Å². The number of ether oxygens (including phenoxy) is 2. The van der Waals surface area contributed by atoms with Crippen LogP contribution in [0.2, 0.25) is 0 Å². The van der Waals surface area contributed by atoms with Crippen molar-refractivity contribution in [2.45, 2.75) is 38.8 Å². The van der Waals surface area contributed by atoms with Gasteiger partial charge in [-0.1, -0.05) is 6.92 Å². The van der Waals surface area contributed by atoms with Crippen molar-refractivity contribution in [1.82, 2.24) is 10.2 Å². The van der Waals surface area contributed by atoms with E-state index >= 15 is 0 Å². The summed E-state index contributed by atoms with van der Waals surface area (Å²) in [5, 5.41) is 24.1. The highest BCUT2D eigenvalue weighted by molar-refractivity contribution is 8.02. The van der Waals surface area contributed by atoms with Crippen LogP contribution in [0, 0.1) is 10.1 Å². The molecule has 1 fully saturated rings. The van der Waals surface area contributed by atoms with Crippen molar-refractivity contribution < 1.29 is 38.7 Å². The summed E-state index contributed by atoms with van der Waals surface area (Å²) in [6, 6.07) is 3.53. The van der Waals surface area contributed by atoms with Crippen LogP contribution in [0.3, 0.4) is 0 Å². The number of β-lactam (4-membered cyclic amide) rings is 1. The number of aliphatic carboxylic acids is 1. The maximum atomic E-state index is 12.5. The molecule has 1 aromatic carbocycles. The molecule has 0 spiro atoms.